The summed E-state index contributed by atoms with van der Waals surface area (Å²) in [6.45, 7) is 5.49. The Morgan fingerprint density at radius 3 is 2.38 bits per heavy atom. The molecular formula is C31H37ClN2O3. The number of aryl methyl sites for hydroxylation is 1. The van der Waals surface area contributed by atoms with E-state index in [9.17, 15) is 9.59 Å². The molecule has 0 fully saturated rings. The van der Waals surface area contributed by atoms with Gasteiger partial charge in [-0.3, -0.25) is 9.59 Å². The highest BCUT2D eigenvalue weighted by Gasteiger charge is 2.30. The largest absolute Gasteiger partial charge is 0.494 e. The molecule has 5 nitrogen and oxygen atoms in total. The van der Waals surface area contributed by atoms with Crippen LogP contribution >= 0.6 is 11.6 Å². The number of nitrogens with one attached hydrogen (secondary N) is 1. The molecule has 0 spiro atoms. The summed E-state index contributed by atoms with van der Waals surface area (Å²) in [5, 5.41) is 3.71. The van der Waals surface area contributed by atoms with Gasteiger partial charge in [-0.1, -0.05) is 85.1 Å². The fourth-order valence-corrected chi connectivity index (χ4v) is 4.28. The Morgan fingerprint density at radius 1 is 0.946 bits per heavy atom. The molecule has 0 aliphatic rings. The molecule has 0 radical (unpaired) electrons. The number of rotatable bonds is 14. The van der Waals surface area contributed by atoms with Crippen LogP contribution in [-0.2, 0) is 22.6 Å². The number of nitrogens with zero attached hydrogens (tertiary/aromatic N) is 1. The van der Waals surface area contributed by atoms with Crippen molar-refractivity contribution < 1.29 is 14.3 Å². The van der Waals surface area contributed by atoms with Crippen molar-refractivity contribution >= 4 is 23.4 Å². The standard InChI is InChI=1S/C31H37ClN2O3/c1-3-4-19-33-31(36)29(22-25-11-6-5-7-12-25)34(23-26-13-8-10-24(2)21-26)30(35)14-9-20-37-28-17-15-27(32)16-18-28/h5-8,10-13,15-18,21,29H,3-4,9,14,19-20,22-23H2,1-2H3,(H,33,36). The molecule has 0 saturated carbocycles. The molecule has 1 unspecified atom stereocenters. The van der Waals surface area contributed by atoms with Crippen LogP contribution in [0.2, 0.25) is 5.02 Å². The lowest BCUT2D eigenvalue weighted by Gasteiger charge is -2.32. The van der Waals surface area contributed by atoms with Gasteiger partial charge < -0.3 is 15.0 Å². The maximum Gasteiger partial charge on any atom is 0.243 e. The first-order valence-electron chi connectivity index (χ1n) is 13.0. The number of hydrogen-bond acceptors (Lipinski definition) is 3. The summed E-state index contributed by atoms with van der Waals surface area (Å²) in [6, 6.07) is 24.5. The third-order valence-electron chi connectivity index (χ3n) is 6.15. The van der Waals surface area contributed by atoms with Gasteiger partial charge in [-0.05, 0) is 55.2 Å². The van der Waals surface area contributed by atoms with Crippen LogP contribution in [0, 0.1) is 6.92 Å². The molecule has 196 valence electrons. The second-order valence-electron chi connectivity index (χ2n) is 9.27. The van der Waals surface area contributed by atoms with Gasteiger partial charge in [0.1, 0.15) is 11.8 Å². The van der Waals surface area contributed by atoms with E-state index in [2.05, 4.69) is 18.3 Å². The van der Waals surface area contributed by atoms with Crippen LogP contribution in [0.3, 0.4) is 0 Å². The molecule has 0 aromatic heterocycles. The van der Waals surface area contributed by atoms with E-state index >= 15 is 0 Å². The minimum atomic E-state index is -0.607. The van der Waals surface area contributed by atoms with Gasteiger partial charge in [-0.25, -0.2) is 0 Å². The highest BCUT2D eigenvalue weighted by atomic mass is 35.5. The summed E-state index contributed by atoms with van der Waals surface area (Å²) in [7, 11) is 0. The fraction of sp³-hybridized carbons (Fsp3) is 0.355. The highest BCUT2D eigenvalue weighted by Crippen LogP contribution is 2.19. The second-order valence-corrected chi connectivity index (χ2v) is 9.70. The summed E-state index contributed by atoms with van der Waals surface area (Å²) in [6.07, 6.45) is 3.17. The number of carbonyl (C=O) groups excluding carboxylic acids is 2. The third-order valence-corrected chi connectivity index (χ3v) is 6.41. The molecule has 0 aliphatic carbocycles. The smallest absolute Gasteiger partial charge is 0.243 e. The Hall–Kier alpha value is -3.31. The van der Waals surface area contributed by atoms with E-state index < -0.39 is 6.04 Å². The average Bonchev–Trinajstić information content (AvgIpc) is 2.90. The molecule has 0 aliphatic heterocycles. The van der Waals surface area contributed by atoms with Crippen LogP contribution in [-0.4, -0.2) is 35.9 Å². The van der Waals surface area contributed by atoms with Gasteiger partial charge in [0.05, 0.1) is 6.61 Å². The molecule has 37 heavy (non-hydrogen) atoms. The fourth-order valence-electron chi connectivity index (χ4n) is 4.16. The quantitative estimate of drug-likeness (QED) is 0.251. The molecule has 0 bridgehead atoms. The predicted octanol–water partition coefficient (Wildman–Crippen LogP) is 6.36. The van der Waals surface area contributed by atoms with Crippen molar-refractivity contribution in [3.05, 3.63) is 101 Å². The van der Waals surface area contributed by atoms with Gasteiger partial charge in [0.2, 0.25) is 11.8 Å². The molecule has 1 N–H and O–H groups in total. The molecule has 1 atom stereocenters. The van der Waals surface area contributed by atoms with Crippen molar-refractivity contribution in [2.24, 2.45) is 0 Å². The zero-order valence-electron chi connectivity index (χ0n) is 21.8. The molecule has 3 aromatic carbocycles. The lowest BCUT2D eigenvalue weighted by Crippen LogP contribution is -2.50. The van der Waals surface area contributed by atoms with Crippen molar-refractivity contribution in [1.82, 2.24) is 10.2 Å². The number of ether oxygens (including phenoxy) is 1. The monoisotopic (exact) mass is 520 g/mol. The maximum atomic E-state index is 13.6. The van der Waals surface area contributed by atoms with Crippen molar-refractivity contribution in [2.45, 2.75) is 58.5 Å². The second kappa shape index (κ2) is 15.1. The van der Waals surface area contributed by atoms with Gasteiger partial charge in [0, 0.05) is 31.0 Å². The topological polar surface area (TPSA) is 58.6 Å². The molecule has 6 heteroatoms. The van der Waals surface area contributed by atoms with Crippen molar-refractivity contribution in [3.63, 3.8) is 0 Å². The van der Waals surface area contributed by atoms with Crippen LogP contribution in [0.25, 0.3) is 0 Å². The van der Waals surface area contributed by atoms with Crippen LogP contribution < -0.4 is 10.1 Å². The number of halogens is 1. The van der Waals surface area contributed by atoms with E-state index in [-0.39, 0.29) is 18.2 Å². The maximum absolute atomic E-state index is 13.6. The number of hydrogen-bond donors (Lipinski definition) is 1. The van der Waals surface area contributed by atoms with Crippen LogP contribution in [0.4, 0.5) is 0 Å². The summed E-state index contributed by atoms with van der Waals surface area (Å²) < 4.78 is 5.79. The number of carbonyl (C=O) groups is 2. The molecule has 0 heterocycles. The first-order chi connectivity index (χ1) is 18.0. The van der Waals surface area contributed by atoms with Crippen molar-refractivity contribution in [2.75, 3.05) is 13.2 Å². The summed E-state index contributed by atoms with van der Waals surface area (Å²) in [5.41, 5.74) is 3.14. The van der Waals surface area contributed by atoms with Gasteiger partial charge in [0.25, 0.3) is 0 Å². The molecule has 0 saturated heterocycles. The van der Waals surface area contributed by atoms with Crippen LogP contribution in [0.5, 0.6) is 5.75 Å². The lowest BCUT2D eigenvalue weighted by atomic mass is 10.0. The van der Waals surface area contributed by atoms with E-state index in [1.54, 1.807) is 17.0 Å². The Balaban J connectivity index is 1.77. The Kier molecular flexibility index (Phi) is 11.5. The predicted molar refractivity (Wildman–Crippen MR) is 150 cm³/mol. The van der Waals surface area contributed by atoms with Crippen molar-refractivity contribution in [1.29, 1.82) is 0 Å². The summed E-state index contributed by atoms with van der Waals surface area (Å²) in [5.74, 6) is 0.536. The van der Waals surface area contributed by atoms with Crippen LogP contribution in [0.15, 0.2) is 78.9 Å². The van der Waals surface area contributed by atoms with E-state index in [0.717, 1.165) is 29.5 Å². The average molecular weight is 521 g/mol. The van der Waals surface area contributed by atoms with Gasteiger partial charge >= 0.3 is 0 Å². The third kappa shape index (κ3) is 9.58. The lowest BCUT2D eigenvalue weighted by molar-refractivity contribution is -0.141. The van der Waals surface area contributed by atoms with Crippen LogP contribution in [0.1, 0.15) is 49.3 Å². The normalized spacial score (nSPS) is 11.5. The zero-order chi connectivity index (χ0) is 26.5. The molecule has 3 rings (SSSR count). The van der Waals surface area contributed by atoms with E-state index in [4.69, 9.17) is 16.3 Å². The Morgan fingerprint density at radius 2 is 1.68 bits per heavy atom. The van der Waals surface area contributed by atoms with Gasteiger partial charge in [-0.15, -0.1) is 0 Å². The number of benzene rings is 3. The Bertz CT molecular complexity index is 1120. The summed E-state index contributed by atoms with van der Waals surface area (Å²) in [4.78, 5) is 28.8. The molecule has 2 amide bonds. The SMILES string of the molecule is CCCCNC(=O)C(Cc1ccccc1)N(Cc1cccc(C)c1)C(=O)CCCOc1ccc(Cl)cc1. The highest BCUT2D eigenvalue weighted by molar-refractivity contribution is 6.30. The molecular weight excluding hydrogens is 484 g/mol. The van der Waals surface area contributed by atoms with E-state index in [0.29, 0.717) is 43.3 Å². The van der Waals surface area contributed by atoms with E-state index in [1.807, 2.05) is 67.6 Å². The minimum Gasteiger partial charge on any atom is -0.494 e. The first kappa shape index (κ1) is 28.3. The van der Waals surface area contributed by atoms with Crippen molar-refractivity contribution in [3.8, 4) is 5.75 Å². The van der Waals surface area contributed by atoms with E-state index in [1.165, 1.54) is 0 Å². The Labute approximate surface area is 225 Å². The minimum absolute atomic E-state index is 0.0622. The zero-order valence-corrected chi connectivity index (χ0v) is 22.5. The van der Waals surface area contributed by atoms with Gasteiger partial charge in [-0.2, -0.15) is 0 Å². The number of unbranched alkanes of at least 4 members (excludes halogenated alkanes) is 1. The summed E-state index contributed by atoms with van der Waals surface area (Å²) >= 11 is 5.94. The molecule has 3 aromatic rings. The number of amides is 2. The van der Waals surface area contributed by atoms with Gasteiger partial charge in [0.15, 0.2) is 0 Å². The first-order valence-corrected chi connectivity index (χ1v) is 13.4.